The molecule has 0 aliphatic carbocycles. The number of hydrogen-bond donors (Lipinski definition) is 4. The van der Waals surface area contributed by atoms with Crippen LogP contribution in [0.4, 0.5) is 0 Å². The highest BCUT2D eigenvalue weighted by molar-refractivity contribution is 5.81. The molecule has 0 aliphatic rings. The van der Waals surface area contributed by atoms with Crippen molar-refractivity contribution < 1.29 is 15.0 Å². The van der Waals surface area contributed by atoms with Crippen LogP contribution in [0, 0.1) is 0 Å². The lowest BCUT2D eigenvalue weighted by Gasteiger charge is -2.28. The Morgan fingerprint density at radius 1 is 1.40 bits per heavy atom. The number of hydrazine groups is 1. The van der Waals surface area contributed by atoms with Crippen molar-refractivity contribution in [1.29, 1.82) is 0 Å². The van der Waals surface area contributed by atoms with Gasteiger partial charge < -0.3 is 10.2 Å². The van der Waals surface area contributed by atoms with E-state index in [1.165, 1.54) is 0 Å². The average Bonchev–Trinajstić information content (AvgIpc) is 2.25. The largest absolute Gasteiger partial charge is 0.395 e. The van der Waals surface area contributed by atoms with Gasteiger partial charge in [-0.05, 0) is 6.42 Å². The smallest absolute Gasteiger partial charge is 0.251 e. The predicted octanol–water partition coefficient (Wildman–Crippen LogP) is -1.57. The fraction of sp³-hybridized carbons (Fsp3) is 0.889. The Morgan fingerprint density at radius 2 is 1.93 bits per heavy atom. The van der Waals surface area contributed by atoms with Crippen molar-refractivity contribution in [1.82, 2.24) is 10.3 Å². The molecule has 0 aromatic carbocycles. The molecule has 0 aromatic heterocycles. The summed E-state index contributed by atoms with van der Waals surface area (Å²) < 4.78 is 0. The summed E-state index contributed by atoms with van der Waals surface area (Å²) in [7, 11) is 0. The van der Waals surface area contributed by atoms with Gasteiger partial charge in [0.05, 0.1) is 19.3 Å². The average molecular weight is 219 g/mol. The van der Waals surface area contributed by atoms with Gasteiger partial charge in [0.1, 0.15) is 0 Å². The first-order chi connectivity index (χ1) is 7.21. The SMILES string of the molecule is CCCC(C(=O)NN)N(CCO)CCO. The number of aliphatic hydroxyl groups is 2. The molecule has 15 heavy (non-hydrogen) atoms. The highest BCUT2D eigenvalue weighted by atomic mass is 16.3. The van der Waals surface area contributed by atoms with Crippen LogP contribution in [-0.2, 0) is 4.79 Å². The van der Waals surface area contributed by atoms with E-state index in [1.807, 2.05) is 6.92 Å². The minimum Gasteiger partial charge on any atom is -0.395 e. The van der Waals surface area contributed by atoms with E-state index in [0.29, 0.717) is 19.5 Å². The zero-order chi connectivity index (χ0) is 11.7. The first-order valence-corrected chi connectivity index (χ1v) is 5.17. The number of aliphatic hydroxyl groups excluding tert-OH is 2. The van der Waals surface area contributed by atoms with E-state index in [0.717, 1.165) is 6.42 Å². The minimum absolute atomic E-state index is 0.0436. The van der Waals surface area contributed by atoms with Gasteiger partial charge in [0.25, 0.3) is 5.91 Å². The number of nitrogens with two attached hydrogens (primary N) is 1. The summed E-state index contributed by atoms with van der Waals surface area (Å²) in [4.78, 5) is 13.2. The molecular weight excluding hydrogens is 198 g/mol. The van der Waals surface area contributed by atoms with E-state index < -0.39 is 0 Å². The van der Waals surface area contributed by atoms with Crippen molar-refractivity contribution in [3.05, 3.63) is 0 Å². The van der Waals surface area contributed by atoms with E-state index in [1.54, 1.807) is 4.90 Å². The van der Waals surface area contributed by atoms with Crippen LogP contribution in [0.2, 0.25) is 0 Å². The molecular formula is C9H21N3O3. The van der Waals surface area contributed by atoms with Crippen LogP contribution in [0.1, 0.15) is 19.8 Å². The standard InChI is InChI=1S/C9H21N3O3/c1-2-3-8(9(15)11-10)12(4-6-13)5-7-14/h8,13-14H,2-7,10H2,1H3,(H,11,15). The summed E-state index contributed by atoms with van der Waals surface area (Å²) in [6.45, 7) is 2.60. The summed E-state index contributed by atoms with van der Waals surface area (Å²) in [5.74, 6) is 4.80. The summed E-state index contributed by atoms with van der Waals surface area (Å²) in [5.41, 5.74) is 2.10. The van der Waals surface area contributed by atoms with Gasteiger partial charge in [-0.1, -0.05) is 13.3 Å². The van der Waals surface area contributed by atoms with Gasteiger partial charge in [-0.25, -0.2) is 5.84 Å². The van der Waals surface area contributed by atoms with Crippen LogP contribution in [0.3, 0.4) is 0 Å². The van der Waals surface area contributed by atoms with E-state index in [-0.39, 0.29) is 25.2 Å². The van der Waals surface area contributed by atoms with Gasteiger partial charge in [0.15, 0.2) is 0 Å². The topological polar surface area (TPSA) is 98.8 Å². The third-order valence-corrected chi connectivity index (χ3v) is 2.22. The van der Waals surface area contributed by atoms with Crippen molar-refractivity contribution in [3.63, 3.8) is 0 Å². The number of nitrogens with one attached hydrogen (secondary N) is 1. The van der Waals surface area contributed by atoms with Crippen molar-refractivity contribution in [2.75, 3.05) is 26.3 Å². The van der Waals surface area contributed by atoms with Crippen LogP contribution in [-0.4, -0.2) is 53.4 Å². The van der Waals surface area contributed by atoms with Crippen LogP contribution < -0.4 is 11.3 Å². The molecule has 6 nitrogen and oxygen atoms in total. The zero-order valence-corrected chi connectivity index (χ0v) is 9.15. The van der Waals surface area contributed by atoms with Gasteiger partial charge in [0.2, 0.25) is 0 Å². The zero-order valence-electron chi connectivity index (χ0n) is 9.15. The number of hydrogen-bond acceptors (Lipinski definition) is 5. The number of carbonyl (C=O) groups is 1. The third kappa shape index (κ3) is 5.08. The molecule has 0 spiro atoms. The quantitative estimate of drug-likeness (QED) is 0.225. The van der Waals surface area contributed by atoms with Crippen LogP contribution in [0.15, 0.2) is 0 Å². The van der Waals surface area contributed by atoms with Crippen molar-refractivity contribution in [3.8, 4) is 0 Å². The Bertz CT molecular complexity index is 172. The Kier molecular flexibility index (Phi) is 8.21. The number of amides is 1. The van der Waals surface area contributed by atoms with E-state index in [4.69, 9.17) is 16.1 Å². The monoisotopic (exact) mass is 219 g/mol. The van der Waals surface area contributed by atoms with E-state index in [9.17, 15) is 4.79 Å². The predicted molar refractivity (Wildman–Crippen MR) is 56.8 cm³/mol. The molecule has 0 saturated heterocycles. The summed E-state index contributed by atoms with van der Waals surface area (Å²) >= 11 is 0. The second kappa shape index (κ2) is 8.60. The number of carbonyl (C=O) groups excluding carboxylic acids is 1. The fourth-order valence-electron chi connectivity index (χ4n) is 1.53. The van der Waals surface area contributed by atoms with Crippen molar-refractivity contribution in [2.45, 2.75) is 25.8 Å². The van der Waals surface area contributed by atoms with Crippen LogP contribution in [0.25, 0.3) is 0 Å². The van der Waals surface area contributed by atoms with Crippen LogP contribution in [0.5, 0.6) is 0 Å². The molecule has 1 atom stereocenters. The maximum atomic E-state index is 11.5. The Labute approximate surface area is 90.0 Å². The van der Waals surface area contributed by atoms with E-state index >= 15 is 0 Å². The van der Waals surface area contributed by atoms with Crippen molar-refractivity contribution >= 4 is 5.91 Å². The maximum Gasteiger partial charge on any atom is 0.251 e. The molecule has 0 bridgehead atoms. The van der Waals surface area contributed by atoms with Gasteiger partial charge in [-0.2, -0.15) is 0 Å². The molecule has 0 aromatic rings. The fourth-order valence-corrected chi connectivity index (χ4v) is 1.53. The van der Waals surface area contributed by atoms with Gasteiger partial charge in [-0.15, -0.1) is 0 Å². The second-order valence-electron chi connectivity index (χ2n) is 3.30. The number of rotatable bonds is 8. The highest BCUT2D eigenvalue weighted by Crippen LogP contribution is 2.06. The Morgan fingerprint density at radius 3 is 2.27 bits per heavy atom. The van der Waals surface area contributed by atoms with Gasteiger partial charge in [-0.3, -0.25) is 15.1 Å². The molecule has 6 heteroatoms. The maximum absolute atomic E-state index is 11.5. The third-order valence-electron chi connectivity index (χ3n) is 2.22. The molecule has 5 N–H and O–H groups in total. The Balaban J connectivity index is 4.42. The summed E-state index contributed by atoms with van der Waals surface area (Å²) in [6, 6.07) is -0.376. The second-order valence-corrected chi connectivity index (χ2v) is 3.30. The molecule has 1 amide bonds. The first-order valence-electron chi connectivity index (χ1n) is 5.17. The highest BCUT2D eigenvalue weighted by Gasteiger charge is 2.23. The molecule has 0 fully saturated rings. The number of nitrogens with zero attached hydrogens (tertiary/aromatic N) is 1. The first kappa shape index (κ1) is 14.3. The molecule has 90 valence electrons. The lowest BCUT2D eigenvalue weighted by atomic mass is 10.1. The normalized spacial score (nSPS) is 12.9. The van der Waals surface area contributed by atoms with E-state index in [2.05, 4.69) is 5.43 Å². The molecule has 0 radical (unpaired) electrons. The molecule has 0 aliphatic heterocycles. The summed E-state index contributed by atoms with van der Waals surface area (Å²) in [6.07, 6.45) is 1.49. The van der Waals surface area contributed by atoms with Gasteiger partial charge in [0, 0.05) is 13.1 Å². The molecule has 0 heterocycles. The minimum atomic E-state index is -0.376. The van der Waals surface area contributed by atoms with Gasteiger partial charge >= 0.3 is 0 Å². The molecule has 0 rings (SSSR count). The van der Waals surface area contributed by atoms with Crippen LogP contribution >= 0.6 is 0 Å². The lowest BCUT2D eigenvalue weighted by molar-refractivity contribution is -0.127. The molecule has 1 unspecified atom stereocenters. The molecule has 0 saturated carbocycles. The lowest BCUT2D eigenvalue weighted by Crippen LogP contribution is -2.50. The van der Waals surface area contributed by atoms with Crippen molar-refractivity contribution in [2.24, 2.45) is 5.84 Å². The summed E-state index contributed by atoms with van der Waals surface area (Å²) in [5, 5.41) is 17.7. The Hall–Kier alpha value is -0.690.